The first-order chi connectivity index (χ1) is 12.4. The zero-order chi connectivity index (χ0) is 19.3. The van der Waals surface area contributed by atoms with Gasteiger partial charge in [-0.05, 0) is 19.8 Å². The van der Waals surface area contributed by atoms with Crippen molar-refractivity contribution in [2.45, 2.75) is 63.4 Å². The standard InChI is InChI=1S/C17H26N4O4S/c1-5-8-9-10-21-12-13(20(4)16(24)19-14(12)22)18-17(21)26-11(6-2)15(23)25-7-3/h11H,5-10H2,1-4H3,(H,19,22,24)/t11-/m0/s1. The third-order valence-corrected chi connectivity index (χ3v) is 5.46. The fraction of sp³-hybridized carbons (Fsp3) is 0.647. The SMILES string of the molecule is CCCCCn1c(S[C@@H](CC)C(=O)OCC)nc2c1c(=O)[nH]c(=O)n2C. The van der Waals surface area contributed by atoms with Gasteiger partial charge in [-0.2, -0.15) is 0 Å². The Morgan fingerprint density at radius 3 is 2.62 bits per heavy atom. The predicted molar refractivity (Wildman–Crippen MR) is 102 cm³/mol. The molecule has 26 heavy (non-hydrogen) atoms. The number of rotatable bonds is 9. The van der Waals surface area contributed by atoms with Crippen LogP contribution in [0.5, 0.6) is 0 Å². The third kappa shape index (κ3) is 4.20. The van der Waals surface area contributed by atoms with Crippen LogP contribution in [0.4, 0.5) is 0 Å². The molecule has 1 atom stereocenters. The number of imidazole rings is 1. The quantitative estimate of drug-likeness (QED) is 0.405. The number of thioether (sulfide) groups is 1. The van der Waals surface area contributed by atoms with Gasteiger partial charge in [0, 0.05) is 13.6 Å². The first-order valence-electron chi connectivity index (χ1n) is 8.97. The number of fused-ring (bicyclic) bond motifs is 1. The number of nitrogens with one attached hydrogen (secondary N) is 1. The van der Waals surface area contributed by atoms with Gasteiger partial charge in [0.05, 0.1) is 6.61 Å². The second-order valence-electron chi connectivity index (χ2n) is 6.01. The number of aromatic nitrogens is 4. The van der Waals surface area contributed by atoms with Crippen LogP contribution in [0.2, 0.25) is 0 Å². The van der Waals surface area contributed by atoms with E-state index >= 15 is 0 Å². The lowest BCUT2D eigenvalue weighted by Gasteiger charge is -2.14. The largest absolute Gasteiger partial charge is 0.465 e. The molecular weight excluding hydrogens is 356 g/mol. The second kappa shape index (κ2) is 9.07. The molecule has 0 fully saturated rings. The molecule has 2 heterocycles. The van der Waals surface area contributed by atoms with Gasteiger partial charge in [0.25, 0.3) is 5.56 Å². The van der Waals surface area contributed by atoms with Crippen LogP contribution in [0.3, 0.4) is 0 Å². The van der Waals surface area contributed by atoms with Gasteiger partial charge in [-0.3, -0.25) is 19.1 Å². The van der Waals surface area contributed by atoms with E-state index in [9.17, 15) is 14.4 Å². The van der Waals surface area contributed by atoms with Gasteiger partial charge < -0.3 is 9.30 Å². The summed E-state index contributed by atoms with van der Waals surface area (Å²) in [5.41, 5.74) is -0.265. The molecule has 0 amide bonds. The fourth-order valence-electron chi connectivity index (χ4n) is 2.69. The lowest BCUT2D eigenvalue weighted by Crippen LogP contribution is -2.29. The zero-order valence-corrected chi connectivity index (χ0v) is 16.5. The maximum absolute atomic E-state index is 12.4. The highest BCUT2D eigenvalue weighted by atomic mass is 32.2. The van der Waals surface area contributed by atoms with Crippen molar-refractivity contribution < 1.29 is 9.53 Å². The maximum Gasteiger partial charge on any atom is 0.329 e. The van der Waals surface area contributed by atoms with E-state index in [0.717, 1.165) is 19.3 Å². The number of unbranched alkanes of at least 4 members (excludes halogenated alkanes) is 2. The van der Waals surface area contributed by atoms with Crippen LogP contribution in [0.15, 0.2) is 14.7 Å². The molecule has 9 heteroatoms. The molecule has 1 N–H and O–H groups in total. The van der Waals surface area contributed by atoms with Gasteiger partial charge >= 0.3 is 11.7 Å². The molecule has 0 aromatic carbocycles. The van der Waals surface area contributed by atoms with E-state index in [2.05, 4.69) is 16.9 Å². The summed E-state index contributed by atoms with van der Waals surface area (Å²) in [6.45, 7) is 6.70. The number of hydrogen-bond acceptors (Lipinski definition) is 6. The summed E-state index contributed by atoms with van der Waals surface area (Å²) >= 11 is 1.28. The number of esters is 1. The maximum atomic E-state index is 12.4. The number of ether oxygens (including phenoxy) is 1. The van der Waals surface area contributed by atoms with Gasteiger partial charge in [0.15, 0.2) is 16.3 Å². The van der Waals surface area contributed by atoms with Crippen LogP contribution < -0.4 is 11.2 Å². The van der Waals surface area contributed by atoms with Crippen molar-refractivity contribution in [1.82, 2.24) is 19.1 Å². The van der Waals surface area contributed by atoms with E-state index in [0.29, 0.717) is 35.9 Å². The summed E-state index contributed by atoms with van der Waals surface area (Å²) in [7, 11) is 1.57. The van der Waals surface area contributed by atoms with Crippen molar-refractivity contribution in [3.63, 3.8) is 0 Å². The van der Waals surface area contributed by atoms with Crippen molar-refractivity contribution in [1.29, 1.82) is 0 Å². The number of carbonyl (C=O) groups excluding carboxylic acids is 1. The lowest BCUT2D eigenvalue weighted by molar-refractivity contribution is -0.142. The molecular formula is C17H26N4O4S. The van der Waals surface area contributed by atoms with Crippen molar-refractivity contribution in [3.05, 3.63) is 20.8 Å². The van der Waals surface area contributed by atoms with E-state index in [1.807, 2.05) is 11.5 Å². The Morgan fingerprint density at radius 1 is 1.27 bits per heavy atom. The zero-order valence-electron chi connectivity index (χ0n) is 15.7. The van der Waals surface area contributed by atoms with Crippen LogP contribution >= 0.6 is 11.8 Å². The van der Waals surface area contributed by atoms with Gasteiger partial charge in [-0.1, -0.05) is 38.5 Å². The number of H-pyrrole nitrogens is 1. The molecule has 2 aromatic heterocycles. The summed E-state index contributed by atoms with van der Waals surface area (Å²) < 4.78 is 8.26. The Bertz CT molecular complexity index is 883. The average molecular weight is 382 g/mol. The van der Waals surface area contributed by atoms with Crippen LogP contribution in [0.25, 0.3) is 11.2 Å². The molecule has 0 saturated carbocycles. The minimum absolute atomic E-state index is 0.296. The molecule has 0 spiro atoms. The Hall–Kier alpha value is -2.03. The normalized spacial score (nSPS) is 12.5. The van der Waals surface area contributed by atoms with Crippen molar-refractivity contribution in [2.75, 3.05) is 6.61 Å². The molecule has 0 aliphatic rings. The van der Waals surface area contributed by atoms with Gasteiger partial charge in [0.1, 0.15) is 5.25 Å². The van der Waals surface area contributed by atoms with E-state index < -0.39 is 16.5 Å². The van der Waals surface area contributed by atoms with Crippen LogP contribution in [0.1, 0.15) is 46.5 Å². The van der Waals surface area contributed by atoms with Gasteiger partial charge in [0.2, 0.25) is 0 Å². The Balaban J connectivity index is 2.52. The second-order valence-corrected chi connectivity index (χ2v) is 7.18. The first kappa shape index (κ1) is 20.3. The summed E-state index contributed by atoms with van der Waals surface area (Å²) in [5, 5.41) is 0.149. The van der Waals surface area contributed by atoms with Crippen molar-refractivity contribution in [3.8, 4) is 0 Å². The van der Waals surface area contributed by atoms with E-state index in [1.54, 1.807) is 14.0 Å². The molecule has 2 aromatic rings. The molecule has 8 nitrogen and oxygen atoms in total. The van der Waals surface area contributed by atoms with E-state index in [1.165, 1.54) is 16.3 Å². The molecule has 2 rings (SSSR count). The van der Waals surface area contributed by atoms with Gasteiger partial charge in [-0.25, -0.2) is 9.78 Å². The van der Waals surface area contributed by atoms with Crippen molar-refractivity contribution in [2.24, 2.45) is 7.05 Å². The summed E-state index contributed by atoms with van der Waals surface area (Å²) in [6.07, 6.45) is 3.53. The highest BCUT2D eigenvalue weighted by molar-refractivity contribution is 8.00. The molecule has 0 bridgehead atoms. The predicted octanol–water partition coefficient (Wildman–Crippen LogP) is 2.05. The van der Waals surface area contributed by atoms with E-state index in [4.69, 9.17) is 4.74 Å². The number of nitrogens with zero attached hydrogens (tertiary/aromatic N) is 3. The van der Waals surface area contributed by atoms with E-state index in [-0.39, 0.29) is 5.97 Å². The number of aromatic amines is 1. The number of hydrogen-bond donors (Lipinski definition) is 1. The first-order valence-corrected chi connectivity index (χ1v) is 9.85. The molecule has 0 aliphatic heterocycles. The Kier molecular flexibility index (Phi) is 7.07. The smallest absolute Gasteiger partial charge is 0.329 e. The topological polar surface area (TPSA) is 99.0 Å². The fourth-order valence-corrected chi connectivity index (χ4v) is 3.73. The van der Waals surface area contributed by atoms with Gasteiger partial charge in [-0.15, -0.1) is 0 Å². The van der Waals surface area contributed by atoms with Crippen LogP contribution in [-0.4, -0.2) is 36.9 Å². The summed E-state index contributed by atoms with van der Waals surface area (Å²) in [5.74, 6) is -0.296. The summed E-state index contributed by atoms with van der Waals surface area (Å²) in [6, 6.07) is 0. The minimum atomic E-state index is -0.505. The third-order valence-electron chi connectivity index (χ3n) is 4.13. The Morgan fingerprint density at radius 2 is 2.00 bits per heavy atom. The molecule has 0 radical (unpaired) electrons. The molecule has 0 saturated heterocycles. The number of carbonyl (C=O) groups is 1. The molecule has 0 aliphatic carbocycles. The Labute approximate surface area is 156 Å². The molecule has 0 unspecified atom stereocenters. The molecule has 144 valence electrons. The van der Waals surface area contributed by atoms with Crippen LogP contribution in [-0.2, 0) is 23.1 Å². The van der Waals surface area contributed by atoms with Crippen LogP contribution in [0, 0.1) is 0 Å². The highest BCUT2D eigenvalue weighted by Gasteiger charge is 2.24. The van der Waals surface area contributed by atoms with Crippen molar-refractivity contribution >= 4 is 28.9 Å². The average Bonchev–Trinajstić information content (AvgIpc) is 2.97. The lowest BCUT2D eigenvalue weighted by atomic mass is 10.2. The highest BCUT2D eigenvalue weighted by Crippen LogP contribution is 2.28. The monoisotopic (exact) mass is 382 g/mol. The number of aryl methyl sites for hydroxylation is 2. The summed E-state index contributed by atoms with van der Waals surface area (Å²) in [4.78, 5) is 43.2. The minimum Gasteiger partial charge on any atom is -0.465 e.